The molecule has 0 atom stereocenters. The molecule has 30 heavy (non-hydrogen) atoms. The first-order valence-electron chi connectivity index (χ1n) is 9.43. The standard InChI is InChI=1S/C20H23ClN6O3/c1-20(2,28)9-23-19-22-8-11-5-14(18-24-10-25-27(18)17(11)26-19)13-6-12(29-3)7-15(30-4)16(13)21/h5,7,10,28H,6,8-9H2,1-4H3,(H,22,23). The van der Waals surface area contributed by atoms with Crippen molar-refractivity contribution in [3.8, 4) is 0 Å². The largest absolute Gasteiger partial charge is 0.501 e. The van der Waals surface area contributed by atoms with Crippen LogP contribution in [-0.2, 0) is 16.0 Å². The van der Waals surface area contributed by atoms with Gasteiger partial charge in [0.2, 0.25) is 5.96 Å². The Morgan fingerprint density at radius 1 is 1.30 bits per heavy atom. The highest BCUT2D eigenvalue weighted by Gasteiger charge is 2.22. The molecule has 2 aromatic rings. The molecule has 0 bridgehead atoms. The van der Waals surface area contributed by atoms with Crippen LogP contribution in [0.4, 0.5) is 0 Å². The van der Waals surface area contributed by atoms with Gasteiger partial charge in [0.05, 0.1) is 31.4 Å². The summed E-state index contributed by atoms with van der Waals surface area (Å²) in [4.78, 5) is 13.5. The molecule has 10 heteroatoms. The van der Waals surface area contributed by atoms with Gasteiger partial charge in [-0.05, 0) is 25.5 Å². The number of halogens is 1. The van der Waals surface area contributed by atoms with Crippen LogP contribution in [0.2, 0.25) is 0 Å². The first-order valence-corrected chi connectivity index (χ1v) is 9.81. The third-order valence-electron chi connectivity index (χ3n) is 4.82. The first-order chi connectivity index (χ1) is 14.3. The molecule has 1 aliphatic carbocycles. The van der Waals surface area contributed by atoms with Crippen LogP contribution >= 0.6 is 11.6 Å². The molecule has 9 nitrogen and oxygen atoms in total. The molecule has 4 rings (SSSR count). The van der Waals surface area contributed by atoms with E-state index in [9.17, 15) is 5.11 Å². The number of aliphatic imine (C=N–C) groups is 1. The SMILES string of the molecule is COC1=CC(OC)=C(Cl)C(=c2cc3c(n4ncnc24)=NC(NCC(C)(C)O)=NC3)C1. The van der Waals surface area contributed by atoms with E-state index in [1.165, 1.54) is 6.33 Å². The molecule has 0 spiro atoms. The highest BCUT2D eigenvalue weighted by Crippen LogP contribution is 2.32. The summed E-state index contributed by atoms with van der Waals surface area (Å²) in [5.74, 6) is 1.72. The van der Waals surface area contributed by atoms with Crippen molar-refractivity contribution in [1.82, 2.24) is 19.9 Å². The second-order valence-corrected chi connectivity index (χ2v) is 8.05. The van der Waals surface area contributed by atoms with Crippen molar-refractivity contribution in [2.45, 2.75) is 32.4 Å². The maximum absolute atomic E-state index is 9.94. The van der Waals surface area contributed by atoms with E-state index in [1.807, 2.05) is 6.07 Å². The van der Waals surface area contributed by atoms with Gasteiger partial charge >= 0.3 is 0 Å². The van der Waals surface area contributed by atoms with Gasteiger partial charge in [-0.15, -0.1) is 0 Å². The number of hydrogen-bond donors (Lipinski definition) is 2. The van der Waals surface area contributed by atoms with Crippen molar-refractivity contribution >= 4 is 28.8 Å². The molecule has 0 amide bonds. The van der Waals surface area contributed by atoms with Crippen molar-refractivity contribution in [3.63, 3.8) is 0 Å². The third kappa shape index (κ3) is 3.78. The number of rotatable bonds is 4. The van der Waals surface area contributed by atoms with Gasteiger partial charge < -0.3 is 19.9 Å². The number of hydrogen-bond acceptors (Lipinski definition) is 8. The lowest BCUT2D eigenvalue weighted by atomic mass is 10.0. The number of ether oxygens (including phenoxy) is 2. The lowest BCUT2D eigenvalue weighted by Crippen LogP contribution is -2.40. The van der Waals surface area contributed by atoms with E-state index in [2.05, 4.69) is 25.4 Å². The van der Waals surface area contributed by atoms with E-state index >= 15 is 0 Å². The summed E-state index contributed by atoms with van der Waals surface area (Å²) in [5, 5.41) is 18.7. The molecule has 0 saturated carbocycles. The number of nitrogens with one attached hydrogen (secondary N) is 1. The number of aromatic nitrogens is 3. The molecule has 158 valence electrons. The average Bonchev–Trinajstić information content (AvgIpc) is 3.21. The van der Waals surface area contributed by atoms with Crippen LogP contribution < -0.4 is 16.0 Å². The lowest BCUT2D eigenvalue weighted by Gasteiger charge is -2.20. The molecule has 3 heterocycles. The summed E-state index contributed by atoms with van der Waals surface area (Å²) in [6, 6.07) is 1.99. The summed E-state index contributed by atoms with van der Waals surface area (Å²) in [6.45, 7) is 4.17. The second kappa shape index (κ2) is 7.73. The maximum atomic E-state index is 9.94. The normalized spacial score (nSPS) is 18.5. The fourth-order valence-electron chi connectivity index (χ4n) is 3.32. The fraction of sp³-hybridized carbons (Fsp3) is 0.400. The molecule has 0 saturated heterocycles. The topological polar surface area (TPSA) is 106 Å². The van der Waals surface area contributed by atoms with E-state index in [0.29, 0.717) is 47.4 Å². The highest BCUT2D eigenvalue weighted by atomic mass is 35.5. The minimum Gasteiger partial charge on any atom is -0.501 e. The predicted molar refractivity (Wildman–Crippen MR) is 112 cm³/mol. The number of nitrogens with zero attached hydrogens (tertiary/aromatic N) is 5. The monoisotopic (exact) mass is 430 g/mol. The summed E-state index contributed by atoms with van der Waals surface area (Å²) in [7, 11) is 3.19. The summed E-state index contributed by atoms with van der Waals surface area (Å²) >= 11 is 6.64. The minimum absolute atomic E-state index is 0.327. The molecule has 2 aromatic heterocycles. The van der Waals surface area contributed by atoms with Gasteiger partial charge in [-0.3, -0.25) is 0 Å². The van der Waals surface area contributed by atoms with Gasteiger partial charge in [0, 0.05) is 29.8 Å². The summed E-state index contributed by atoms with van der Waals surface area (Å²) in [6.07, 6.45) is 3.77. The Hall–Kier alpha value is -2.91. The molecule has 0 radical (unpaired) electrons. The zero-order valence-corrected chi connectivity index (χ0v) is 18.0. The Balaban J connectivity index is 1.89. The zero-order chi connectivity index (χ0) is 21.5. The number of guanidine groups is 1. The Kier molecular flexibility index (Phi) is 5.25. The summed E-state index contributed by atoms with van der Waals surface area (Å²) in [5.41, 5.74) is 2.12. The van der Waals surface area contributed by atoms with Crippen molar-refractivity contribution in [2.24, 2.45) is 9.98 Å². The molecule has 0 unspecified atom stereocenters. The quantitative estimate of drug-likeness (QED) is 0.741. The van der Waals surface area contributed by atoms with Gasteiger partial charge in [-0.25, -0.2) is 9.98 Å². The molecule has 2 aliphatic rings. The van der Waals surface area contributed by atoms with Gasteiger partial charge in [0.1, 0.15) is 17.8 Å². The van der Waals surface area contributed by atoms with E-state index < -0.39 is 5.60 Å². The second-order valence-electron chi connectivity index (χ2n) is 7.67. The van der Waals surface area contributed by atoms with Gasteiger partial charge in [0.25, 0.3) is 0 Å². The number of fused-ring (bicyclic) bond motifs is 3. The number of methoxy groups -OCH3 is 2. The Morgan fingerprint density at radius 2 is 2.10 bits per heavy atom. The molecule has 0 fully saturated rings. The Labute approximate surface area is 178 Å². The maximum Gasteiger partial charge on any atom is 0.220 e. The van der Waals surface area contributed by atoms with Crippen LogP contribution in [0.15, 0.2) is 45.0 Å². The highest BCUT2D eigenvalue weighted by molar-refractivity contribution is 6.36. The van der Waals surface area contributed by atoms with Crippen molar-refractivity contribution in [1.29, 1.82) is 0 Å². The molecular formula is C20H23ClN6O3. The molecule has 0 aromatic carbocycles. The van der Waals surface area contributed by atoms with Gasteiger partial charge in [-0.1, -0.05) is 11.6 Å². The summed E-state index contributed by atoms with van der Waals surface area (Å²) < 4.78 is 12.6. The number of aliphatic hydroxyl groups is 1. The lowest BCUT2D eigenvalue weighted by molar-refractivity contribution is 0.0848. The first kappa shape index (κ1) is 20.4. The van der Waals surface area contributed by atoms with Crippen molar-refractivity contribution < 1.29 is 14.6 Å². The van der Waals surface area contributed by atoms with Crippen LogP contribution in [-0.4, -0.2) is 52.0 Å². The third-order valence-corrected chi connectivity index (χ3v) is 5.23. The van der Waals surface area contributed by atoms with E-state index in [4.69, 9.17) is 21.1 Å². The predicted octanol–water partition coefficient (Wildman–Crippen LogP) is 0.760. The van der Waals surface area contributed by atoms with Crippen molar-refractivity contribution in [3.05, 3.63) is 51.3 Å². The van der Waals surface area contributed by atoms with Crippen LogP contribution in [0.25, 0.3) is 11.2 Å². The Morgan fingerprint density at radius 3 is 2.80 bits per heavy atom. The van der Waals surface area contributed by atoms with Gasteiger partial charge in [0.15, 0.2) is 11.1 Å². The zero-order valence-electron chi connectivity index (χ0n) is 17.2. The number of allylic oxidation sites excluding steroid dienone is 3. The van der Waals surface area contributed by atoms with E-state index in [-0.39, 0.29) is 0 Å². The average molecular weight is 431 g/mol. The molecular weight excluding hydrogens is 408 g/mol. The molecule has 2 N–H and O–H groups in total. The number of pyridine rings is 1. The Bertz CT molecular complexity index is 1220. The van der Waals surface area contributed by atoms with Crippen molar-refractivity contribution in [2.75, 3.05) is 20.8 Å². The van der Waals surface area contributed by atoms with E-state index in [1.54, 1.807) is 38.7 Å². The van der Waals surface area contributed by atoms with Crippen LogP contribution in [0.3, 0.4) is 0 Å². The van der Waals surface area contributed by atoms with E-state index in [0.717, 1.165) is 22.1 Å². The van der Waals surface area contributed by atoms with Gasteiger partial charge in [-0.2, -0.15) is 14.6 Å². The smallest absolute Gasteiger partial charge is 0.220 e. The van der Waals surface area contributed by atoms with Crippen LogP contribution in [0.5, 0.6) is 0 Å². The fourth-order valence-corrected chi connectivity index (χ4v) is 3.62. The van der Waals surface area contributed by atoms with Crippen LogP contribution in [0.1, 0.15) is 25.8 Å². The van der Waals surface area contributed by atoms with Crippen LogP contribution in [0, 0.1) is 0 Å². The minimum atomic E-state index is -0.878. The molecule has 1 aliphatic heterocycles.